The number of amides is 2. The fourth-order valence-electron chi connectivity index (χ4n) is 3.65. The number of rotatable bonds is 7. The summed E-state index contributed by atoms with van der Waals surface area (Å²) in [6.45, 7) is 0.903. The highest BCUT2D eigenvalue weighted by Crippen LogP contribution is 2.23. The second-order valence-electron chi connectivity index (χ2n) is 7.57. The summed E-state index contributed by atoms with van der Waals surface area (Å²) in [5.41, 5.74) is 1.31. The maximum absolute atomic E-state index is 13.0. The summed E-state index contributed by atoms with van der Waals surface area (Å²) in [4.78, 5) is 24.3. The highest BCUT2D eigenvalue weighted by atomic mass is 35.5. The highest BCUT2D eigenvalue weighted by molar-refractivity contribution is 7.89. The lowest BCUT2D eigenvalue weighted by Crippen LogP contribution is -2.53. The number of ether oxygens (including phenoxy) is 1. The van der Waals surface area contributed by atoms with Crippen molar-refractivity contribution in [1.82, 2.24) is 14.9 Å². The van der Waals surface area contributed by atoms with Crippen LogP contribution in [0.3, 0.4) is 0 Å². The number of allylic oxidation sites excluding steroid dienone is 1. The second-order valence-corrected chi connectivity index (χ2v) is 9.90. The Kier molecular flexibility index (Phi) is 8.48. The minimum atomic E-state index is -3.83. The first-order valence-corrected chi connectivity index (χ1v) is 12.3. The van der Waals surface area contributed by atoms with E-state index in [0.717, 1.165) is 25.7 Å². The molecule has 1 aliphatic carbocycles. The molecule has 1 aromatic rings. The summed E-state index contributed by atoms with van der Waals surface area (Å²) in [6.07, 6.45) is 7.05. The SMILES string of the molecule is O=C(NCCC1=CCCCC1)C(=O)NCC1OCCCN1S(=O)(=O)c1ccc(Cl)cc1. The van der Waals surface area contributed by atoms with Crippen molar-refractivity contribution in [2.24, 2.45) is 0 Å². The Hall–Kier alpha value is -1.94. The molecule has 2 amide bonds. The predicted molar refractivity (Wildman–Crippen MR) is 117 cm³/mol. The molecule has 0 radical (unpaired) electrons. The van der Waals surface area contributed by atoms with Gasteiger partial charge in [0.15, 0.2) is 0 Å². The molecule has 1 fully saturated rings. The fourth-order valence-corrected chi connectivity index (χ4v) is 5.34. The van der Waals surface area contributed by atoms with E-state index in [4.69, 9.17) is 16.3 Å². The Morgan fingerprint density at radius 3 is 2.55 bits per heavy atom. The molecule has 31 heavy (non-hydrogen) atoms. The third-order valence-corrected chi connectivity index (χ3v) is 7.49. The molecule has 1 unspecified atom stereocenters. The van der Waals surface area contributed by atoms with Crippen molar-refractivity contribution >= 4 is 33.4 Å². The Labute approximate surface area is 188 Å². The average molecular weight is 470 g/mol. The predicted octanol–water partition coefficient (Wildman–Crippen LogP) is 2.20. The number of hydrogen-bond acceptors (Lipinski definition) is 5. The third-order valence-electron chi connectivity index (χ3n) is 5.33. The van der Waals surface area contributed by atoms with Gasteiger partial charge in [-0.3, -0.25) is 9.59 Å². The summed E-state index contributed by atoms with van der Waals surface area (Å²) in [5.74, 6) is -1.55. The zero-order valence-electron chi connectivity index (χ0n) is 17.3. The summed E-state index contributed by atoms with van der Waals surface area (Å²) in [6, 6.07) is 5.86. The minimum absolute atomic E-state index is 0.0912. The van der Waals surface area contributed by atoms with Crippen molar-refractivity contribution < 1.29 is 22.7 Å². The van der Waals surface area contributed by atoms with Crippen molar-refractivity contribution in [3.05, 3.63) is 40.9 Å². The Morgan fingerprint density at radius 1 is 1.10 bits per heavy atom. The van der Waals surface area contributed by atoms with E-state index in [0.29, 0.717) is 24.6 Å². The fraction of sp³-hybridized carbons (Fsp3) is 0.524. The van der Waals surface area contributed by atoms with Crippen LogP contribution in [0.5, 0.6) is 0 Å². The van der Waals surface area contributed by atoms with Gasteiger partial charge in [-0.1, -0.05) is 23.3 Å². The van der Waals surface area contributed by atoms with E-state index in [-0.39, 0.29) is 18.0 Å². The molecule has 170 valence electrons. The van der Waals surface area contributed by atoms with Gasteiger partial charge in [-0.05, 0) is 62.8 Å². The Balaban J connectivity index is 1.52. The number of hydrogen-bond donors (Lipinski definition) is 2. The molecule has 0 aromatic heterocycles. The first kappa shape index (κ1) is 23.7. The van der Waals surface area contributed by atoms with Crippen LogP contribution in [0.1, 0.15) is 38.5 Å². The summed E-state index contributed by atoms with van der Waals surface area (Å²) < 4.78 is 32.8. The number of carbonyl (C=O) groups excluding carboxylic acids is 2. The average Bonchev–Trinajstić information content (AvgIpc) is 2.78. The van der Waals surface area contributed by atoms with Crippen LogP contribution in [0.15, 0.2) is 40.8 Å². The van der Waals surface area contributed by atoms with Crippen molar-refractivity contribution in [2.75, 3.05) is 26.2 Å². The number of nitrogens with one attached hydrogen (secondary N) is 2. The maximum Gasteiger partial charge on any atom is 0.309 e. The zero-order chi connectivity index (χ0) is 22.3. The lowest BCUT2D eigenvalue weighted by molar-refractivity contribution is -0.140. The molecular formula is C21H28ClN3O5S. The first-order valence-electron chi connectivity index (χ1n) is 10.5. The van der Waals surface area contributed by atoms with Gasteiger partial charge in [-0.25, -0.2) is 8.42 Å². The topological polar surface area (TPSA) is 105 Å². The molecule has 8 nitrogen and oxygen atoms in total. The van der Waals surface area contributed by atoms with Crippen molar-refractivity contribution in [3.8, 4) is 0 Å². The largest absolute Gasteiger partial charge is 0.360 e. The summed E-state index contributed by atoms with van der Waals surface area (Å²) in [5, 5.41) is 5.53. The lowest BCUT2D eigenvalue weighted by atomic mass is 9.97. The zero-order valence-corrected chi connectivity index (χ0v) is 18.9. The summed E-state index contributed by atoms with van der Waals surface area (Å²) in [7, 11) is -3.83. The van der Waals surface area contributed by atoms with Crippen molar-refractivity contribution in [2.45, 2.75) is 49.6 Å². The van der Waals surface area contributed by atoms with E-state index in [2.05, 4.69) is 16.7 Å². The monoisotopic (exact) mass is 469 g/mol. The normalized spacial score (nSPS) is 20.0. The van der Waals surface area contributed by atoms with Gasteiger partial charge in [0.25, 0.3) is 0 Å². The van der Waals surface area contributed by atoms with Gasteiger partial charge in [0.1, 0.15) is 6.23 Å². The molecular weight excluding hydrogens is 442 g/mol. The molecule has 1 aromatic carbocycles. The standard InChI is InChI=1S/C21H28ClN3O5S/c22-17-7-9-18(10-8-17)31(28,29)25-13-4-14-30-19(25)15-24-21(27)20(26)23-12-11-16-5-2-1-3-6-16/h5,7-10,19H,1-4,6,11-15H2,(H,23,26)(H,24,27). The van der Waals surface area contributed by atoms with Gasteiger partial charge in [0.05, 0.1) is 18.0 Å². The molecule has 2 N–H and O–H groups in total. The van der Waals surface area contributed by atoms with Gasteiger partial charge in [-0.2, -0.15) is 4.31 Å². The molecule has 2 aliphatic rings. The van der Waals surface area contributed by atoms with E-state index in [1.165, 1.54) is 40.6 Å². The number of halogens is 1. The minimum Gasteiger partial charge on any atom is -0.360 e. The van der Waals surface area contributed by atoms with Gasteiger partial charge in [-0.15, -0.1) is 0 Å². The molecule has 0 spiro atoms. The smallest absolute Gasteiger partial charge is 0.309 e. The lowest BCUT2D eigenvalue weighted by Gasteiger charge is -2.34. The van der Waals surface area contributed by atoms with Crippen molar-refractivity contribution in [3.63, 3.8) is 0 Å². The van der Waals surface area contributed by atoms with Crippen LogP contribution in [0.2, 0.25) is 5.02 Å². The van der Waals surface area contributed by atoms with Crippen LogP contribution in [-0.4, -0.2) is 57.0 Å². The third kappa shape index (κ3) is 6.52. The molecule has 1 heterocycles. The molecule has 1 aliphatic heterocycles. The van der Waals surface area contributed by atoms with Gasteiger partial charge >= 0.3 is 11.8 Å². The molecule has 1 atom stereocenters. The molecule has 0 bridgehead atoms. The summed E-state index contributed by atoms with van der Waals surface area (Å²) >= 11 is 5.85. The van der Waals surface area contributed by atoms with Crippen LogP contribution < -0.4 is 10.6 Å². The van der Waals surface area contributed by atoms with E-state index in [1.807, 2.05) is 0 Å². The van der Waals surface area contributed by atoms with Crippen LogP contribution >= 0.6 is 11.6 Å². The number of sulfonamides is 1. The molecule has 1 saturated heterocycles. The van der Waals surface area contributed by atoms with Crippen LogP contribution in [0.25, 0.3) is 0 Å². The highest BCUT2D eigenvalue weighted by Gasteiger charge is 2.34. The quantitative estimate of drug-likeness (QED) is 0.470. The molecule has 0 saturated carbocycles. The van der Waals surface area contributed by atoms with E-state index in [9.17, 15) is 18.0 Å². The maximum atomic E-state index is 13.0. The van der Waals surface area contributed by atoms with E-state index < -0.39 is 28.1 Å². The van der Waals surface area contributed by atoms with Crippen LogP contribution in [0, 0.1) is 0 Å². The first-order chi connectivity index (χ1) is 14.9. The van der Waals surface area contributed by atoms with Crippen LogP contribution in [-0.2, 0) is 24.3 Å². The molecule has 3 rings (SSSR count). The molecule has 10 heteroatoms. The van der Waals surface area contributed by atoms with E-state index in [1.54, 1.807) is 0 Å². The van der Waals surface area contributed by atoms with Crippen molar-refractivity contribution in [1.29, 1.82) is 0 Å². The number of benzene rings is 1. The Morgan fingerprint density at radius 2 is 1.84 bits per heavy atom. The van der Waals surface area contributed by atoms with Crippen LogP contribution in [0.4, 0.5) is 0 Å². The van der Waals surface area contributed by atoms with Gasteiger partial charge in [0, 0.05) is 18.1 Å². The second kappa shape index (κ2) is 11.1. The van der Waals surface area contributed by atoms with E-state index >= 15 is 0 Å². The number of carbonyl (C=O) groups is 2. The Bertz CT molecular complexity index is 917. The number of nitrogens with zero attached hydrogens (tertiary/aromatic N) is 1. The van der Waals surface area contributed by atoms with Gasteiger partial charge in [0.2, 0.25) is 10.0 Å². The van der Waals surface area contributed by atoms with Gasteiger partial charge < -0.3 is 15.4 Å².